The van der Waals surface area contributed by atoms with Crippen molar-refractivity contribution in [2.75, 3.05) is 39.9 Å². The lowest BCUT2D eigenvalue weighted by Gasteiger charge is -2.33. The molecule has 16 heteroatoms. The van der Waals surface area contributed by atoms with Crippen LogP contribution >= 0.6 is 0 Å². The van der Waals surface area contributed by atoms with Crippen molar-refractivity contribution in [1.29, 1.82) is 5.41 Å². The minimum atomic E-state index is -0.995. The minimum Gasteiger partial charge on any atom is -0.465 e. The van der Waals surface area contributed by atoms with Crippen LogP contribution in [0.25, 0.3) is 0 Å². The molecule has 0 aliphatic carbocycles. The molecular weight excluding hydrogens is 574 g/mol. The lowest BCUT2D eigenvalue weighted by Crippen LogP contribution is -2.51. The number of nitrogens with two attached hydrogens (primary N) is 3. The summed E-state index contributed by atoms with van der Waals surface area (Å²) in [7, 11) is 1.30. The molecule has 1 heterocycles. The van der Waals surface area contributed by atoms with Gasteiger partial charge in [0.1, 0.15) is 12.3 Å². The Morgan fingerprint density at radius 2 is 1.80 bits per heavy atom. The van der Waals surface area contributed by atoms with Crippen LogP contribution in [-0.4, -0.2) is 99.0 Å². The van der Waals surface area contributed by atoms with Gasteiger partial charge in [-0.05, 0) is 55.7 Å². The summed E-state index contributed by atoms with van der Waals surface area (Å²) >= 11 is 0. The molecule has 0 saturated carbocycles. The summed E-state index contributed by atoms with van der Waals surface area (Å²) in [5, 5.41) is 15.3. The fraction of sp³-hybridized carbons (Fsp3) is 0.536. The van der Waals surface area contributed by atoms with Crippen molar-refractivity contribution in [2.24, 2.45) is 28.1 Å². The number of alkyl carbamates (subject to hydrolysis) is 1. The van der Waals surface area contributed by atoms with E-state index in [1.165, 1.54) is 7.11 Å². The molecule has 1 aliphatic heterocycles. The Labute approximate surface area is 255 Å². The van der Waals surface area contributed by atoms with Crippen LogP contribution in [0.2, 0.25) is 0 Å². The fourth-order valence-corrected chi connectivity index (χ4v) is 4.59. The molecule has 0 unspecified atom stereocenters. The van der Waals surface area contributed by atoms with Gasteiger partial charge >= 0.3 is 12.1 Å². The zero-order chi connectivity index (χ0) is 32.5. The zero-order valence-electron chi connectivity index (χ0n) is 24.9. The molecule has 2 atom stereocenters. The monoisotopic (exact) mass is 617 g/mol. The van der Waals surface area contributed by atoms with Crippen molar-refractivity contribution < 1.29 is 33.4 Å². The van der Waals surface area contributed by atoms with Gasteiger partial charge in [0.25, 0.3) is 0 Å². The predicted octanol–water partition coefficient (Wildman–Crippen LogP) is -1.04. The molecule has 1 saturated heterocycles. The van der Waals surface area contributed by atoms with E-state index in [1.807, 2.05) is 0 Å². The van der Waals surface area contributed by atoms with Gasteiger partial charge in [0, 0.05) is 26.1 Å². The Bertz CT molecular complexity index is 1160. The van der Waals surface area contributed by atoms with Gasteiger partial charge in [0.05, 0.1) is 31.9 Å². The standard InChI is InChI=1S/C28H43N9O7/c1-43-25(41)20-6-4-18(5-7-20)10-14-44-28(42)36-22(15-19-8-12-37(13-9-19)27(31)32)24(40)34-16-23(39)35-21(17-38)3-2-11-33-26(29)30/h4-7,17,19,21-22H,2-3,8-16H2,1H3,(H3,31,32)(H,34,40)(H,35,39)(H,36,42)(H4,29,30,33)/t21-,22+/m0/s1. The van der Waals surface area contributed by atoms with E-state index in [9.17, 15) is 24.0 Å². The summed E-state index contributed by atoms with van der Waals surface area (Å²) in [6.07, 6.45) is 2.53. The Kier molecular flexibility index (Phi) is 14.9. The van der Waals surface area contributed by atoms with Crippen molar-refractivity contribution in [3.8, 4) is 0 Å². The molecule has 0 bridgehead atoms. The van der Waals surface area contributed by atoms with E-state index >= 15 is 0 Å². The second-order valence-corrected chi connectivity index (χ2v) is 10.3. The number of ether oxygens (including phenoxy) is 2. The van der Waals surface area contributed by atoms with Crippen molar-refractivity contribution in [3.63, 3.8) is 0 Å². The van der Waals surface area contributed by atoms with Crippen molar-refractivity contribution in [2.45, 2.75) is 50.6 Å². The number of esters is 1. The minimum absolute atomic E-state index is 0.0183. The van der Waals surface area contributed by atoms with E-state index in [2.05, 4.69) is 25.7 Å². The smallest absolute Gasteiger partial charge is 0.407 e. The second kappa shape index (κ2) is 18.6. The summed E-state index contributed by atoms with van der Waals surface area (Å²) in [4.78, 5) is 66.7. The maximum atomic E-state index is 13.1. The highest BCUT2D eigenvalue weighted by molar-refractivity contribution is 5.90. The molecule has 1 fully saturated rings. The Hall–Kier alpha value is -4.89. The first-order valence-electron chi connectivity index (χ1n) is 14.3. The van der Waals surface area contributed by atoms with Crippen LogP contribution in [0.15, 0.2) is 29.3 Å². The number of hydrogen-bond donors (Lipinski definition) is 7. The number of piperidine rings is 1. The Balaban J connectivity index is 1.91. The third-order valence-corrected chi connectivity index (χ3v) is 7.03. The normalized spacial score (nSPS) is 14.3. The third kappa shape index (κ3) is 13.0. The lowest BCUT2D eigenvalue weighted by molar-refractivity contribution is -0.128. The molecular formula is C28H43N9O7. The molecule has 0 spiro atoms. The summed E-state index contributed by atoms with van der Waals surface area (Å²) < 4.78 is 9.98. The van der Waals surface area contributed by atoms with Crippen LogP contribution in [0, 0.1) is 11.3 Å². The van der Waals surface area contributed by atoms with Gasteiger partial charge < -0.3 is 52.3 Å². The van der Waals surface area contributed by atoms with Crippen LogP contribution < -0.4 is 33.2 Å². The number of nitrogens with one attached hydrogen (secondary N) is 4. The molecule has 3 amide bonds. The van der Waals surface area contributed by atoms with Crippen LogP contribution in [0.1, 0.15) is 48.0 Å². The number of likely N-dealkylation sites (tertiary alicyclic amines) is 1. The average Bonchev–Trinajstić information content (AvgIpc) is 3.01. The quantitative estimate of drug-likeness (QED) is 0.0387. The number of aldehydes is 1. The first-order chi connectivity index (χ1) is 21.0. The molecule has 10 N–H and O–H groups in total. The highest BCUT2D eigenvalue weighted by Gasteiger charge is 2.28. The fourth-order valence-electron chi connectivity index (χ4n) is 4.59. The molecule has 0 aromatic heterocycles. The van der Waals surface area contributed by atoms with Gasteiger partial charge in [0.2, 0.25) is 11.8 Å². The Morgan fingerprint density at radius 1 is 1.11 bits per heavy atom. The molecule has 242 valence electrons. The number of benzene rings is 1. The molecule has 16 nitrogen and oxygen atoms in total. The molecule has 2 rings (SSSR count). The molecule has 44 heavy (non-hydrogen) atoms. The van der Waals surface area contributed by atoms with Gasteiger partial charge in [-0.2, -0.15) is 0 Å². The van der Waals surface area contributed by atoms with Crippen LogP contribution in [-0.2, 0) is 30.3 Å². The largest absolute Gasteiger partial charge is 0.465 e. The van der Waals surface area contributed by atoms with Crippen molar-refractivity contribution in [3.05, 3.63) is 35.4 Å². The molecule has 1 aromatic rings. The summed E-state index contributed by atoms with van der Waals surface area (Å²) in [6, 6.07) is 4.90. The number of rotatable bonds is 16. The number of carbonyl (C=O) groups is 5. The van der Waals surface area contributed by atoms with Crippen molar-refractivity contribution >= 4 is 42.1 Å². The third-order valence-electron chi connectivity index (χ3n) is 7.03. The van der Waals surface area contributed by atoms with Crippen LogP contribution in [0.4, 0.5) is 4.79 Å². The molecule has 1 aromatic carbocycles. The topological polar surface area (TPSA) is 257 Å². The highest BCUT2D eigenvalue weighted by atomic mass is 16.5. The maximum absolute atomic E-state index is 13.1. The predicted molar refractivity (Wildman–Crippen MR) is 162 cm³/mol. The summed E-state index contributed by atoms with van der Waals surface area (Å²) in [5.41, 5.74) is 17.3. The van der Waals surface area contributed by atoms with E-state index in [0.717, 1.165) is 5.56 Å². The van der Waals surface area contributed by atoms with E-state index in [4.69, 9.17) is 27.3 Å². The van der Waals surface area contributed by atoms with Gasteiger partial charge in [0.15, 0.2) is 11.9 Å². The van der Waals surface area contributed by atoms with Gasteiger partial charge in [-0.25, -0.2) is 9.59 Å². The summed E-state index contributed by atoms with van der Waals surface area (Å²) in [5.74, 6) is -1.65. The van der Waals surface area contributed by atoms with Gasteiger partial charge in [-0.3, -0.25) is 20.0 Å². The second-order valence-electron chi connectivity index (χ2n) is 10.3. The van der Waals surface area contributed by atoms with E-state index < -0.39 is 42.5 Å². The average molecular weight is 618 g/mol. The summed E-state index contributed by atoms with van der Waals surface area (Å²) in [6.45, 7) is 1.01. The Morgan fingerprint density at radius 3 is 2.39 bits per heavy atom. The first-order valence-corrected chi connectivity index (χ1v) is 14.3. The SMILES string of the molecule is COC(=O)c1ccc(CCOC(=O)N[C@H](CC2CCN(C(=N)N)CC2)C(=O)NCC(=O)N[C@H](C=O)CCCN=C(N)N)cc1. The highest BCUT2D eigenvalue weighted by Crippen LogP contribution is 2.22. The van der Waals surface area contributed by atoms with Gasteiger partial charge in [-0.15, -0.1) is 0 Å². The lowest BCUT2D eigenvalue weighted by atomic mass is 9.90. The van der Waals surface area contributed by atoms with Gasteiger partial charge in [-0.1, -0.05) is 12.1 Å². The maximum Gasteiger partial charge on any atom is 0.407 e. The number of nitrogens with zero attached hydrogens (tertiary/aromatic N) is 2. The van der Waals surface area contributed by atoms with E-state index in [-0.39, 0.29) is 30.9 Å². The van der Waals surface area contributed by atoms with E-state index in [1.54, 1.807) is 29.2 Å². The molecule has 1 aliphatic rings. The number of guanidine groups is 2. The van der Waals surface area contributed by atoms with E-state index in [0.29, 0.717) is 63.6 Å². The van der Waals surface area contributed by atoms with Crippen LogP contribution in [0.3, 0.4) is 0 Å². The number of methoxy groups -OCH3 is 1. The number of carbonyl (C=O) groups excluding carboxylic acids is 5. The van der Waals surface area contributed by atoms with Crippen molar-refractivity contribution in [1.82, 2.24) is 20.9 Å². The van der Waals surface area contributed by atoms with Crippen LogP contribution in [0.5, 0.6) is 0 Å². The molecule has 0 radical (unpaired) electrons. The number of hydrogen-bond acceptors (Lipinski definition) is 9. The first kappa shape index (κ1) is 35.3. The zero-order valence-corrected chi connectivity index (χ0v) is 24.9. The number of aliphatic imine (C=N–C) groups is 1. The number of amides is 3.